The lowest BCUT2D eigenvalue weighted by molar-refractivity contribution is 0.0847. The number of benzene rings is 1. The number of sulfonamides is 1. The van der Waals surface area contributed by atoms with Gasteiger partial charge in [0, 0.05) is 24.5 Å². The average molecular weight is 483 g/mol. The molecule has 2 aromatic rings. The Hall–Kier alpha value is -3.19. The van der Waals surface area contributed by atoms with Gasteiger partial charge in [0.05, 0.1) is 6.61 Å². The fraction of sp³-hybridized carbons (Fsp3) is 0.350. The highest BCUT2D eigenvalue weighted by molar-refractivity contribution is 7.90. The summed E-state index contributed by atoms with van der Waals surface area (Å²) >= 11 is 0. The van der Waals surface area contributed by atoms with Crippen molar-refractivity contribution >= 4 is 27.6 Å². The molecule has 4 rings (SSSR count). The van der Waals surface area contributed by atoms with E-state index in [1.807, 2.05) is 0 Å². The average Bonchev–Trinajstić information content (AvgIpc) is 3.14. The number of pyridine rings is 1. The first kappa shape index (κ1) is 23.0. The molecule has 0 bridgehead atoms. The molecule has 3 atom stereocenters. The van der Waals surface area contributed by atoms with Gasteiger partial charge in [0.25, 0.3) is 5.91 Å². The monoisotopic (exact) mass is 483 g/mol. The van der Waals surface area contributed by atoms with Crippen molar-refractivity contribution < 1.29 is 31.1 Å². The van der Waals surface area contributed by atoms with Crippen molar-refractivity contribution in [3.63, 3.8) is 0 Å². The minimum absolute atomic E-state index is 0.0140. The molecule has 2 aliphatic heterocycles. The minimum Gasteiger partial charge on any atom is -0.371 e. The second kappa shape index (κ2) is 7.99. The van der Waals surface area contributed by atoms with Gasteiger partial charge >= 0.3 is 0 Å². The molecule has 9 nitrogen and oxygen atoms in total. The third-order valence-electron chi connectivity index (χ3n) is 5.70. The van der Waals surface area contributed by atoms with E-state index in [4.69, 9.17) is 10.5 Å². The third kappa shape index (κ3) is 3.60. The first-order valence-electron chi connectivity index (χ1n) is 9.75. The fourth-order valence-electron chi connectivity index (χ4n) is 4.06. The summed E-state index contributed by atoms with van der Waals surface area (Å²) in [6, 6.07) is 4.46. The van der Waals surface area contributed by atoms with Crippen LogP contribution in [0.2, 0.25) is 0 Å². The number of halogens is 3. The number of hydrogen-bond acceptors (Lipinski definition) is 7. The van der Waals surface area contributed by atoms with Gasteiger partial charge in [0.2, 0.25) is 16.0 Å². The molecule has 0 unspecified atom stereocenters. The van der Waals surface area contributed by atoms with Crippen LogP contribution in [0.4, 0.5) is 18.9 Å². The van der Waals surface area contributed by atoms with Gasteiger partial charge in [0.15, 0.2) is 11.5 Å². The predicted octanol–water partition coefficient (Wildman–Crippen LogP) is 1.44. The van der Waals surface area contributed by atoms with Crippen LogP contribution in [0.3, 0.4) is 0 Å². The highest BCUT2D eigenvalue weighted by Gasteiger charge is 2.62. The summed E-state index contributed by atoms with van der Waals surface area (Å²) in [4.78, 5) is 20.5. The topological polar surface area (TPSA) is 127 Å². The summed E-state index contributed by atoms with van der Waals surface area (Å²) in [5.74, 6) is -3.03. The highest BCUT2D eigenvalue weighted by Crippen LogP contribution is 2.46. The van der Waals surface area contributed by atoms with Crippen molar-refractivity contribution in [2.24, 2.45) is 10.7 Å². The van der Waals surface area contributed by atoms with Gasteiger partial charge in [-0.25, -0.2) is 35.9 Å². The molecule has 1 saturated heterocycles. The Morgan fingerprint density at radius 1 is 1.33 bits per heavy atom. The van der Waals surface area contributed by atoms with Crippen molar-refractivity contribution in [1.82, 2.24) is 9.29 Å². The maximum absolute atomic E-state index is 15.0. The molecule has 13 heteroatoms. The number of carbonyl (C=O) groups excluding carboxylic acids is 1. The number of fused-ring (bicyclic) bond motifs is 1. The van der Waals surface area contributed by atoms with Crippen LogP contribution in [-0.2, 0) is 20.3 Å². The van der Waals surface area contributed by atoms with Crippen LogP contribution in [0.5, 0.6) is 0 Å². The zero-order valence-electron chi connectivity index (χ0n) is 17.5. The summed E-state index contributed by atoms with van der Waals surface area (Å²) in [6.07, 6.45) is -0.0938. The molecule has 2 aliphatic rings. The van der Waals surface area contributed by atoms with Crippen molar-refractivity contribution in [3.8, 4) is 0 Å². The number of rotatable bonds is 4. The Morgan fingerprint density at radius 3 is 2.73 bits per heavy atom. The molecule has 1 amide bonds. The minimum atomic E-state index is -4.26. The molecule has 3 heterocycles. The lowest BCUT2D eigenvalue weighted by atomic mass is 9.86. The summed E-state index contributed by atoms with van der Waals surface area (Å²) in [7, 11) is -3.11. The Morgan fingerprint density at radius 2 is 2.06 bits per heavy atom. The molecule has 176 valence electrons. The number of ether oxygens (including phenoxy) is 1. The van der Waals surface area contributed by atoms with Crippen molar-refractivity contribution in [1.29, 1.82) is 0 Å². The van der Waals surface area contributed by atoms with E-state index in [9.17, 15) is 22.0 Å². The van der Waals surface area contributed by atoms with Gasteiger partial charge < -0.3 is 15.8 Å². The van der Waals surface area contributed by atoms with Crippen molar-refractivity contribution in [2.45, 2.75) is 23.8 Å². The van der Waals surface area contributed by atoms with Crippen LogP contribution in [0.1, 0.15) is 21.6 Å². The normalized spacial score (nSPS) is 26.0. The first-order chi connectivity index (χ1) is 15.5. The van der Waals surface area contributed by atoms with Crippen LogP contribution >= 0.6 is 0 Å². The van der Waals surface area contributed by atoms with E-state index in [-0.39, 0.29) is 11.3 Å². The van der Waals surface area contributed by atoms with Gasteiger partial charge in [-0.3, -0.25) is 4.79 Å². The largest absolute Gasteiger partial charge is 0.371 e. The highest BCUT2D eigenvalue weighted by atomic mass is 32.2. The predicted molar refractivity (Wildman–Crippen MR) is 113 cm³/mol. The number of guanidine groups is 1. The van der Waals surface area contributed by atoms with Gasteiger partial charge in [-0.15, -0.1) is 0 Å². The van der Waals surface area contributed by atoms with E-state index in [1.54, 1.807) is 6.92 Å². The quantitative estimate of drug-likeness (QED) is 0.678. The van der Waals surface area contributed by atoms with Gasteiger partial charge in [-0.1, -0.05) is 0 Å². The number of aromatic nitrogens is 1. The van der Waals surface area contributed by atoms with E-state index >= 15 is 4.39 Å². The van der Waals surface area contributed by atoms with Crippen LogP contribution in [-0.4, -0.2) is 61.3 Å². The van der Waals surface area contributed by atoms with Gasteiger partial charge in [-0.05, 0) is 36.8 Å². The molecular formula is C20H20F3N5O4S. The second-order valence-electron chi connectivity index (χ2n) is 7.82. The number of aliphatic imine (C=N–C) groups is 1. The fourth-order valence-corrected chi connectivity index (χ4v) is 5.98. The number of hydrogen-bond donors (Lipinski definition) is 2. The summed E-state index contributed by atoms with van der Waals surface area (Å²) < 4.78 is 74.9. The molecule has 33 heavy (non-hydrogen) atoms. The second-order valence-corrected chi connectivity index (χ2v) is 9.91. The molecule has 0 aliphatic carbocycles. The Kier molecular flexibility index (Phi) is 5.56. The number of alkyl halides is 1. The van der Waals surface area contributed by atoms with E-state index < -0.39 is 69.4 Å². The van der Waals surface area contributed by atoms with E-state index in [1.165, 1.54) is 12.3 Å². The number of anilines is 1. The maximum atomic E-state index is 15.0. The molecular weight excluding hydrogens is 463 g/mol. The van der Waals surface area contributed by atoms with Crippen LogP contribution in [0, 0.1) is 18.6 Å². The standard InChI is InChI=1S/C20H20F3N5O4S/c1-10-5-14(23)16(25-8-10)18(29)26-11-3-4-13(22)12(6-11)20-9-32-15(7-21)17(20)33(30,31)28(2)19(24)27-20/h3-6,8,15,17H,7,9H2,1-2H3,(H2,24,27)(H,26,29)/t15-,17-,20-/m1/s1. The molecule has 0 radical (unpaired) electrons. The summed E-state index contributed by atoms with van der Waals surface area (Å²) in [5.41, 5.74) is 3.70. The van der Waals surface area contributed by atoms with Gasteiger partial charge in [0.1, 0.15) is 29.4 Å². The number of nitrogens with two attached hydrogens (primary N) is 1. The summed E-state index contributed by atoms with van der Waals surface area (Å²) in [6.45, 7) is 0.00375. The number of amides is 1. The smallest absolute Gasteiger partial charge is 0.277 e. The molecule has 3 N–H and O–H groups in total. The van der Waals surface area contributed by atoms with Gasteiger partial charge in [-0.2, -0.15) is 0 Å². The lowest BCUT2D eigenvalue weighted by Crippen LogP contribution is -2.59. The Bertz CT molecular complexity index is 1270. The summed E-state index contributed by atoms with van der Waals surface area (Å²) in [5, 5.41) is 0.812. The Balaban J connectivity index is 1.79. The first-order valence-corrected chi connectivity index (χ1v) is 11.3. The third-order valence-corrected chi connectivity index (χ3v) is 7.99. The molecule has 0 spiro atoms. The van der Waals surface area contributed by atoms with Crippen LogP contribution < -0.4 is 11.1 Å². The van der Waals surface area contributed by atoms with Crippen molar-refractivity contribution in [2.75, 3.05) is 25.6 Å². The molecule has 1 aromatic carbocycles. The van der Waals surface area contributed by atoms with E-state index in [0.717, 1.165) is 25.2 Å². The SMILES string of the molecule is Cc1cnc(C(=O)Nc2ccc(F)c([C@]34CO[C@H](CF)[C@H]3S(=O)(=O)N(C)C(N)=N4)c2)c(F)c1. The number of nitrogens with one attached hydrogen (secondary N) is 1. The molecule has 1 fully saturated rings. The van der Waals surface area contributed by atoms with Crippen molar-refractivity contribution in [3.05, 3.63) is 58.9 Å². The number of aryl methyl sites for hydroxylation is 1. The number of carbonyl (C=O) groups is 1. The lowest BCUT2D eigenvalue weighted by Gasteiger charge is -2.39. The number of nitrogens with zero attached hydrogens (tertiary/aromatic N) is 3. The van der Waals surface area contributed by atoms with E-state index in [0.29, 0.717) is 9.87 Å². The zero-order valence-corrected chi connectivity index (χ0v) is 18.4. The molecule has 0 saturated carbocycles. The molecule has 1 aromatic heterocycles. The van der Waals surface area contributed by atoms with E-state index in [2.05, 4.69) is 15.3 Å². The van der Waals surface area contributed by atoms with Crippen LogP contribution in [0.25, 0.3) is 0 Å². The Labute approximate surface area is 187 Å². The maximum Gasteiger partial charge on any atom is 0.277 e. The zero-order chi connectivity index (χ0) is 24.1. The van der Waals surface area contributed by atoms with Crippen LogP contribution in [0.15, 0.2) is 35.5 Å².